The largest absolute Gasteiger partial charge is 0.486 e. The van der Waals surface area contributed by atoms with Crippen molar-refractivity contribution in [1.82, 2.24) is 19.8 Å². The van der Waals surface area contributed by atoms with Gasteiger partial charge in [-0.1, -0.05) is 30.4 Å². The minimum Gasteiger partial charge on any atom is -0.486 e. The van der Waals surface area contributed by atoms with Crippen molar-refractivity contribution < 1.29 is 13.9 Å². The van der Waals surface area contributed by atoms with Crippen LogP contribution in [0.3, 0.4) is 0 Å². The van der Waals surface area contributed by atoms with Gasteiger partial charge in [-0.05, 0) is 24.1 Å². The lowest BCUT2D eigenvalue weighted by Gasteiger charge is -2.29. The van der Waals surface area contributed by atoms with E-state index >= 15 is 0 Å². The lowest BCUT2D eigenvalue weighted by Crippen LogP contribution is -2.30. The Hall–Kier alpha value is -3.46. The average Bonchev–Trinajstić information content (AvgIpc) is 3.23. The number of nitrogens with zero attached hydrogens (tertiary/aromatic N) is 5. The van der Waals surface area contributed by atoms with Crippen LogP contribution in [0.25, 0.3) is 11.2 Å². The van der Waals surface area contributed by atoms with E-state index in [2.05, 4.69) is 26.5 Å². The Labute approximate surface area is 179 Å². The summed E-state index contributed by atoms with van der Waals surface area (Å²) in [6, 6.07) is 6.40. The van der Waals surface area contributed by atoms with E-state index in [1.165, 1.54) is 12.1 Å². The molecule has 1 aromatic carbocycles. The van der Waals surface area contributed by atoms with Crippen LogP contribution in [-0.2, 0) is 11.3 Å². The first-order chi connectivity index (χ1) is 15.1. The van der Waals surface area contributed by atoms with E-state index in [-0.39, 0.29) is 11.9 Å². The molecule has 8 nitrogen and oxygen atoms in total. The molecule has 160 valence electrons. The molecule has 9 heteroatoms. The number of hydrogen-bond acceptors (Lipinski definition) is 7. The summed E-state index contributed by atoms with van der Waals surface area (Å²) in [7, 11) is 3.69. The molecule has 1 atom stereocenters. The third-order valence-electron chi connectivity index (χ3n) is 5.53. The highest BCUT2D eigenvalue weighted by Crippen LogP contribution is 2.40. The average molecular weight is 422 g/mol. The van der Waals surface area contributed by atoms with Crippen molar-refractivity contribution in [2.45, 2.75) is 19.1 Å². The number of fused-ring (bicyclic) bond motifs is 3. The van der Waals surface area contributed by atoms with Crippen LogP contribution in [0.5, 0.6) is 5.75 Å². The predicted octanol–water partition coefficient (Wildman–Crippen LogP) is 3.06. The molecular weight excluding hydrogens is 399 g/mol. The zero-order valence-corrected chi connectivity index (χ0v) is 17.4. The summed E-state index contributed by atoms with van der Waals surface area (Å²) < 4.78 is 26.3. The van der Waals surface area contributed by atoms with Crippen LogP contribution in [0.4, 0.5) is 15.9 Å². The van der Waals surface area contributed by atoms with Crippen LogP contribution in [0.2, 0.25) is 0 Å². The van der Waals surface area contributed by atoms with Gasteiger partial charge >= 0.3 is 0 Å². The molecular formula is C22H23FN6O2. The monoisotopic (exact) mass is 422 g/mol. The third-order valence-corrected chi connectivity index (χ3v) is 5.53. The van der Waals surface area contributed by atoms with Gasteiger partial charge in [-0.2, -0.15) is 4.52 Å². The zero-order chi connectivity index (χ0) is 21.4. The van der Waals surface area contributed by atoms with Gasteiger partial charge in [0.1, 0.15) is 18.1 Å². The van der Waals surface area contributed by atoms with Crippen molar-refractivity contribution in [3.63, 3.8) is 0 Å². The molecule has 3 aromatic rings. The molecule has 0 saturated carbocycles. The molecule has 1 aliphatic carbocycles. The van der Waals surface area contributed by atoms with Crippen LogP contribution in [0.1, 0.15) is 17.8 Å². The molecule has 3 heterocycles. The highest BCUT2D eigenvalue weighted by molar-refractivity contribution is 5.82. The van der Waals surface area contributed by atoms with E-state index in [9.17, 15) is 4.39 Å². The lowest BCUT2D eigenvalue weighted by atomic mass is 10.0. The smallest absolute Gasteiger partial charge is 0.222 e. The Morgan fingerprint density at radius 2 is 2.10 bits per heavy atom. The number of ether oxygens (including phenoxy) is 2. The maximum atomic E-state index is 13.2. The van der Waals surface area contributed by atoms with E-state index in [4.69, 9.17) is 14.6 Å². The fraction of sp³-hybridized carbons (Fsp3) is 0.318. The van der Waals surface area contributed by atoms with Gasteiger partial charge in [-0.3, -0.25) is 0 Å². The first-order valence-electron chi connectivity index (χ1n) is 10.2. The number of likely N-dealkylation sites (N-methyl/N-ethyl adjacent to an activating group) is 1. The van der Waals surface area contributed by atoms with E-state index in [0.717, 1.165) is 29.8 Å². The standard InChI is InChI=1S/C22H23FN6O2/c1-28-11-12-31-19-18(28)20(24-13-14-3-7-16(23)8-4-14)27-29-21(25-26-22(19)29)15-5-9-17(30-2)10-6-15/h3-9,17H,10-13H2,1-2H3,(H,24,27). The second kappa shape index (κ2) is 7.99. The maximum Gasteiger partial charge on any atom is 0.222 e. The molecule has 0 spiro atoms. The lowest BCUT2D eigenvalue weighted by molar-refractivity contribution is 0.143. The van der Waals surface area contributed by atoms with Crippen molar-refractivity contribution in [3.8, 4) is 5.75 Å². The summed E-state index contributed by atoms with van der Waals surface area (Å²) >= 11 is 0. The van der Waals surface area contributed by atoms with Gasteiger partial charge in [0.2, 0.25) is 5.65 Å². The van der Waals surface area contributed by atoms with E-state index in [1.807, 2.05) is 19.2 Å². The Kier molecular flexibility index (Phi) is 5.03. The number of hydrogen-bond donors (Lipinski definition) is 1. The Morgan fingerprint density at radius 3 is 2.84 bits per heavy atom. The highest BCUT2D eigenvalue weighted by Gasteiger charge is 2.27. The Bertz CT molecular complexity index is 1170. The van der Waals surface area contributed by atoms with Crippen molar-refractivity contribution >= 4 is 22.7 Å². The van der Waals surface area contributed by atoms with Gasteiger partial charge < -0.3 is 19.7 Å². The summed E-state index contributed by atoms with van der Waals surface area (Å²) in [6.45, 7) is 1.79. The molecule has 31 heavy (non-hydrogen) atoms. The Balaban J connectivity index is 1.55. The van der Waals surface area contributed by atoms with Crippen LogP contribution >= 0.6 is 0 Å². The molecule has 1 unspecified atom stereocenters. The molecule has 0 saturated heterocycles. The SMILES string of the molecule is COC1C=CC(c2nnc3c4c(c(NCc5ccc(F)cc5)nn23)N(C)CCO4)=CC1. The molecule has 2 aliphatic rings. The summed E-state index contributed by atoms with van der Waals surface area (Å²) in [4.78, 5) is 2.09. The number of allylic oxidation sites excluding steroid dienone is 2. The molecule has 2 aromatic heterocycles. The number of rotatable bonds is 5. The number of anilines is 2. The second-order valence-corrected chi connectivity index (χ2v) is 7.56. The summed E-state index contributed by atoms with van der Waals surface area (Å²) in [5.74, 6) is 1.70. The fourth-order valence-electron chi connectivity index (χ4n) is 3.79. The molecule has 0 amide bonds. The van der Waals surface area contributed by atoms with E-state index in [1.54, 1.807) is 23.8 Å². The van der Waals surface area contributed by atoms with Gasteiger partial charge in [0.05, 0.1) is 12.6 Å². The first kappa shape index (κ1) is 19.5. The van der Waals surface area contributed by atoms with Gasteiger partial charge in [-0.15, -0.1) is 15.3 Å². The second-order valence-electron chi connectivity index (χ2n) is 7.56. The Morgan fingerprint density at radius 1 is 1.26 bits per heavy atom. The number of methoxy groups -OCH3 is 1. The summed E-state index contributed by atoms with van der Waals surface area (Å²) in [6.07, 6.45) is 6.89. The van der Waals surface area contributed by atoms with E-state index in [0.29, 0.717) is 36.2 Å². The first-order valence-corrected chi connectivity index (χ1v) is 10.2. The van der Waals surface area contributed by atoms with E-state index < -0.39 is 0 Å². The zero-order valence-electron chi connectivity index (χ0n) is 17.4. The van der Waals surface area contributed by atoms with Crippen LogP contribution < -0.4 is 15.0 Å². The molecule has 0 bridgehead atoms. The quantitative estimate of drug-likeness (QED) is 0.677. The van der Waals surface area contributed by atoms with Gasteiger partial charge in [-0.25, -0.2) is 4.39 Å². The number of benzene rings is 1. The minimum atomic E-state index is -0.257. The third kappa shape index (κ3) is 3.61. The highest BCUT2D eigenvalue weighted by atomic mass is 19.1. The van der Waals surface area contributed by atoms with Crippen molar-refractivity contribution in [3.05, 3.63) is 59.7 Å². The van der Waals surface area contributed by atoms with Gasteiger partial charge in [0.15, 0.2) is 17.4 Å². The van der Waals surface area contributed by atoms with Crippen LogP contribution in [-0.4, -0.2) is 53.2 Å². The van der Waals surface area contributed by atoms with Crippen LogP contribution in [0.15, 0.2) is 42.5 Å². The summed E-state index contributed by atoms with van der Waals surface area (Å²) in [5.41, 5.74) is 3.30. The number of aromatic nitrogens is 4. The molecule has 1 aliphatic heterocycles. The normalized spacial score (nSPS) is 18.0. The molecule has 0 fully saturated rings. The van der Waals surface area contributed by atoms with Crippen molar-refractivity contribution in [2.24, 2.45) is 0 Å². The van der Waals surface area contributed by atoms with Crippen molar-refractivity contribution in [1.29, 1.82) is 0 Å². The van der Waals surface area contributed by atoms with Gasteiger partial charge in [0.25, 0.3) is 0 Å². The molecule has 5 rings (SSSR count). The fourth-order valence-corrected chi connectivity index (χ4v) is 3.79. The topological polar surface area (TPSA) is 76.8 Å². The van der Waals surface area contributed by atoms with Crippen LogP contribution in [0, 0.1) is 5.82 Å². The number of nitrogens with one attached hydrogen (secondary N) is 1. The minimum absolute atomic E-state index is 0.0635. The predicted molar refractivity (Wildman–Crippen MR) is 116 cm³/mol. The van der Waals surface area contributed by atoms with Crippen molar-refractivity contribution in [2.75, 3.05) is 37.5 Å². The molecule has 0 radical (unpaired) electrons. The maximum absolute atomic E-state index is 13.2. The molecule has 1 N–H and O–H groups in total. The summed E-state index contributed by atoms with van der Waals surface area (Å²) in [5, 5.41) is 17.0. The number of halogens is 1. The van der Waals surface area contributed by atoms with Gasteiger partial charge in [0, 0.05) is 26.3 Å².